The first-order valence-corrected chi connectivity index (χ1v) is 8.02. The zero-order chi connectivity index (χ0) is 14.8. The van der Waals surface area contributed by atoms with Gasteiger partial charge in [-0.15, -0.1) is 11.3 Å². The minimum atomic E-state index is -0.0883. The van der Waals surface area contributed by atoms with Gasteiger partial charge >= 0.3 is 0 Å². The van der Waals surface area contributed by atoms with Crippen molar-refractivity contribution in [2.24, 2.45) is 0 Å². The van der Waals surface area contributed by atoms with Gasteiger partial charge in [0.05, 0.1) is 10.6 Å². The summed E-state index contributed by atoms with van der Waals surface area (Å²) in [5.74, 6) is 0.841. The molecule has 1 unspecified atom stereocenters. The van der Waals surface area contributed by atoms with Gasteiger partial charge in [0.2, 0.25) is 0 Å². The van der Waals surface area contributed by atoms with Gasteiger partial charge in [-0.2, -0.15) is 0 Å². The summed E-state index contributed by atoms with van der Waals surface area (Å²) in [5.41, 5.74) is 1.99. The van der Waals surface area contributed by atoms with Crippen LogP contribution in [0.1, 0.15) is 22.2 Å². The third-order valence-electron chi connectivity index (χ3n) is 3.27. The first kappa shape index (κ1) is 14.5. The zero-order valence-electron chi connectivity index (χ0n) is 11.3. The summed E-state index contributed by atoms with van der Waals surface area (Å²) < 4.78 is 6.33. The highest BCUT2D eigenvalue weighted by Gasteiger charge is 2.19. The zero-order valence-corrected chi connectivity index (χ0v) is 13.6. The molecule has 0 saturated carbocycles. The molecule has 0 bridgehead atoms. The lowest BCUT2D eigenvalue weighted by Crippen LogP contribution is -2.11. The van der Waals surface area contributed by atoms with Gasteiger partial charge in [-0.3, -0.25) is 0 Å². The molecule has 5 heteroatoms. The van der Waals surface area contributed by atoms with Gasteiger partial charge in [0.1, 0.15) is 11.8 Å². The standard InChI is InChI=1S/C16H13Cl2NOS/c1-10-11(17)4-2-5-12(10)19-16(13-6-3-9-20-13)14-7-8-15(18)21-14/h2-9,16,19H,1H3. The molecule has 0 radical (unpaired) electrons. The molecule has 0 amide bonds. The lowest BCUT2D eigenvalue weighted by molar-refractivity contribution is 0.500. The number of hydrogen-bond acceptors (Lipinski definition) is 3. The summed E-state index contributed by atoms with van der Waals surface area (Å²) in [6.07, 6.45) is 1.67. The molecule has 1 aromatic carbocycles. The average molecular weight is 338 g/mol. The maximum Gasteiger partial charge on any atom is 0.131 e. The predicted molar refractivity (Wildman–Crippen MR) is 89.7 cm³/mol. The third kappa shape index (κ3) is 3.10. The van der Waals surface area contributed by atoms with E-state index in [0.29, 0.717) is 0 Å². The molecule has 3 aromatic rings. The maximum atomic E-state index is 6.19. The van der Waals surface area contributed by atoms with Crippen LogP contribution in [0.2, 0.25) is 9.36 Å². The molecule has 0 aliphatic carbocycles. The van der Waals surface area contributed by atoms with E-state index in [-0.39, 0.29) is 6.04 Å². The Balaban J connectivity index is 1.99. The molecule has 1 atom stereocenters. The number of hydrogen-bond donors (Lipinski definition) is 1. The monoisotopic (exact) mass is 337 g/mol. The van der Waals surface area contributed by atoms with E-state index in [4.69, 9.17) is 27.6 Å². The molecule has 0 spiro atoms. The highest BCUT2D eigenvalue weighted by Crippen LogP contribution is 2.35. The van der Waals surface area contributed by atoms with Crippen molar-refractivity contribution in [2.45, 2.75) is 13.0 Å². The largest absolute Gasteiger partial charge is 0.467 e. The van der Waals surface area contributed by atoms with Gasteiger partial charge in [-0.25, -0.2) is 0 Å². The van der Waals surface area contributed by atoms with Crippen molar-refractivity contribution in [3.05, 3.63) is 74.3 Å². The SMILES string of the molecule is Cc1c(Cl)cccc1NC(c1ccco1)c1ccc(Cl)s1. The van der Waals surface area contributed by atoms with Crippen LogP contribution in [0.15, 0.2) is 53.1 Å². The first-order valence-electron chi connectivity index (χ1n) is 6.45. The van der Waals surface area contributed by atoms with Crippen LogP contribution >= 0.6 is 34.5 Å². The van der Waals surface area contributed by atoms with Gasteiger partial charge in [0.25, 0.3) is 0 Å². The number of thiophene rings is 1. The van der Waals surface area contributed by atoms with E-state index in [2.05, 4.69) is 5.32 Å². The summed E-state index contributed by atoms with van der Waals surface area (Å²) >= 11 is 13.8. The Morgan fingerprint density at radius 2 is 1.95 bits per heavy atom. The molecule has 2 aromatic heterocycles. The van der Waals surface area contributed by atoms with Gasteiger partial charge in [-0.1, -0.05) is 29.3 Å². The fraction of sp³-hybridized carbons (Fsp3) is 0.125. The topological polar surface area (TPSA) is 25.2 Å². The van der Waals surface area contributed by atoms with E-state index in [0.717, 1.165) is 31.2 Å². The van der Waals surface area contributed by atoms with E-state index in [1.807, 2.05) is 49.4 Å². The average Bonchev–Trinajstić information content (AvgIpc) is 3.12. The Labute approximate surface area is 137 Å². The Bertz CT molecular complexity index is 737. The van der Waals surface area contributed by atoms with Crippen molar-refractivity contribution in [3.8, 4) is 0 Å². The minimum Gasteiger partial charge on any atom is -0.467 e. The van der Waals surface area contributed by atoms with Crippen molar-refractivity contribution in [1.82, 2.24) is 0 Å². The molecular formula is C16H13Cl2NOS. The number of rotatable bonds is 4. The van der Waals surface area contributed by atoms with Crippen LogP contribution in [0, 0.1) is 6.92 Å². The molecule has 108 valence electrons. The van der Waals surface area contributed by atoms with Crippen molar-refractivity contribution in [1.29, 1.82) is 0 Å². The molecule has 2 nitrogen and oxygen atoms in total. The quantitative estimate of drug-likeness (QED) is 0.616. The molecule has 3 rings (SSSR count). The second kappa shape index (κ2) is 6.14. The summed E-state index contributed by atoms with van der Waals surface area (Å²) in [4.78, 5) is 1.09. The summed E-state index contributed by atoms with van der Waals surface area (Å²) in [5, 5.41) is 4.23. The summed E-state index contributed by atoms with van der Waals surface area (Å²) in [6.45, 7) is 1.99. The molecule has 0 fully saturated rings. The number of anilines is 1. The number of benzene rings is 1. The molecule has 21 heavy (non-hydrogen) atoms. The van der Waals surface area contributed by atoms with Crippen LogP contribution in [0.3, 0.4) is 0 Å². The van der Waals surface area contributed by atoms with Crippen molar-refractivity contribution < 1.29 is 4.42 Å². The Morgan fingerprint density at radius 3 is 2.62 bits per heavy atom. The molecular weight excluding hydrogens is 325 g/mol. The fourth-order valence-corrected chi connectivity index (χ4v) is 3.44. The van der Waals surface area contributed by atoms with Crippen LogP contribution in [0.5, 0.6) is 0 Å². The number of furan rings is 1. The van der Waals surface area contributed by atoms with Crippen molar-refractivity contribution in [2.75, 3.05) is 5.32 Å². The third-order valence-corrected chi connectivity index (χ3v) is 4.98. The molecule has 0 aliphatic rings. The summed E-state index contributed by atoms with van der Waals surface area (Å²) in [6, 6.07) is 13.5. The van der Waals surface area contributed by atoms with E-state index < -0.39 is 0 Å². The van der Waals surface area contributed by atoms with Crippen LogP contribution in [-0.2, 0) is 0 Å². The summed E-state index contributed by atoms with van der Waals surface area (Å²) in [7, 11) is 0. The minimum absolute atomic E-state index is 0.0883. The molecule has 0 aliphatic heterocycles. The van der Waals surface area contributed by atoms with E-state index >= 15 is 0 Å². The lowest BCUT2D eigenvalue weighted by atomic mass is 10.1. The normalized spacial score (nSPS) is 12.3. The van der Waals surface area contributed by atoms with E-state index in [9.17, 15) is 0 Å². The second-order valence-corrected chi connectivity index (χ2v) is 6.80. The first-order chi connectivity index (χ1) is 10.1. The Kier molecular flexibility index (Phi) is 4.24. The van der Waals surface area contributed by atoms with Crippen molar-refractivity contribution >= 4 is 40.2 Å². The van der Waals surface area contributed by atoms with E-state index in [1.165, 1.54) is 11.3 Å². The highest BCUT2D eigenvalue weighted by atomic mass is 35.5. The maximum absolute atomic E-state index is 6.19. The molecule has 1 N–H and O–H groups in total. The van der Waals surface area contributed by atoms with Gasteiger partial charge < -0.3 is 9.73 Å². The van der Waals surface area contributed by atoms with Crippen LogP contribution in [0.4, 0.5) is 5.69 Å². The number of nitrogens with one attached hydrogen (secondary N) is 1. The fourth-order valence-electron chi connectivity index (χ4n) is 2.14. The molecule has 0 saturated heterocycles. The van der Waals surface area contributed by atoms with E-state index in [1.54, 1.807) is 6.26 Å². The van der Waals surface area contributed by atoms with Crippen LogP contribution < -0.4 is 5.32 Å². The Hall–Kier alpha value is -1.42. The van der Waals surface area contributed by atoms with Crippen LogP contribution in [-0.4, -0.2) is 0 Å². The number of halogens is 2. The van der Waals surface area contributed by atoms with Gasteiger partial charge in [0.15, 0.2) is 0 Å². The predicted octanol–water partition coefficient (Wildman–Crippen LogP) is 6.16. The Morgan fingerprint density at radius 1 is 1.10 bits per heavy atom. The van der Waals surface area contributed by atoms with Crippen LogP contribution in [0.25, 0.3) is 0 Å². The van der Waals surface area contributed by atoms with Crippen molar-refractivity contribution in [3.63, 3.8) is 0 Å². The smallest absolute Gasteiger partial charge is 0.131 e. The lowest BCUT2D eigenvalue weighted by Gasteiger charge is -2.18. The van der Waals surface area contributed by atoms with Gasteiger partial charge in [0, 0.05) is 15.6 Å². The second-order valence-electron chi connectivity index (χ2n) is 4.65. The molecule has 2 heterocycles. The van der Waals surface area contributed by atoms with Gasteiger partial charge in [-0.05, 0) is 48.9 Å². The highest BCUT2D eigenvalue weighted by molar-refractivity contribution is 7.16.